The van der Waals surface area contributed by atoms with E-state index in [4.69, 9.17) is 16.3 Å². The molecule has 2 aromatic rings. The highest BCUT2D eigenvalue weighted by atomic mass is 35.5. The van der Waals surface area contributed by atoms with E-state index in [9.17, 15) is 13.2 Å². The van der Waals surface area contributed by atoms with E-state index in [2.05, 4.69) is 20.5 Å². The van der Waals surface area contributed by atoms with E-state index in [0.717, 1.165) is 6.07 Å². The van der Waals surface area contributed by atoms with Gasteiger partial charge in [0.2, 0.25) is 5.95 Å². The summed E-state index contributed by atoms with van der Waals surface area (Å²) in [6.45, 7) is 2.38. The molecule has 0 bridgehead atoms. The fourth-order valence-electron chi connectivity index (χ4n) is 2.27. The van der Waals surface area contributed by atoms with Crippen LogP contribution in [0.3, 0.4) is 0 Å². The van der Waals surface area contributed by atoms with Gasteiger partial charge >= 0.3 is 6.18 Å². The summed E-state index contributed by atoms with van der Waals surface area (Å²) in [7, 11) is 0. The third-order valence-electron chi connectivity index (χ3n) is 3.41. The van der Waals surface area contributed by atoms with Crippen molar-refractivity contribution >= 4 is 29.1 Å². The summed E-state index contributed by atoms with van der Waals surface area (Å²) in [5.41, 5.74) is -1.08. The summed E-state index contributed by atoms with van der Waals surface area (Å²) in [5, 5.41) is 10.1. The zero-order valence-electron chi connectivity index (χ0n) is 12.3. The number of morpholine rings is 1. The van der Waals surface area contributed by atoms with Gasteiger partial charge in [0.1, 0.15) is 0 Å². The van der Waals surface area contributed by atoms with Crippen molar-refractivity contribution in [1.29, 1.82) is 0 Å². The first-order valence-electron chi connectivity index (χ1n) is 7.10. The fraction of sp³-hybridized carbons (Fsp3) is 0.357. The lowest BCUT2D eigenvalue weighted by Crippen LogP contribution is -2.37. The number of ether oxygens (including phenoxy) is 1. The normalized spacial score (nSPS) is 15.4. The number of nitrogens with one attached hydrogen (secondary N) is 1. The fourth-order valence-corrected chi connectivity index (χ4v) is 2.45. The van der Waals surface area contributed by atoms with Gasteiger partial charge in [0.15, 0.2) is 5.82 Å². The zero-order valence-corrected chi connectivity index (χ0v) is 13.1. The van der Waals surface area contributed by atoms with Crippen LogP contribution in [0.25, 0.3) is 0 Å². The van der Waals surface area contributed by atoms with Gasteiger partial charge < -0.3 is 15.0 Å². The quantitative estimate of drug-likeness (QED) is 0.908. The van der Waals surface area contributed by atoms with Crippen LogP contribution in [0.5, 0.6) is 0 Å². The molecular weight excluding hydrogens is 347 g/mol. The van der Waals surface area contributed by atoms with Gasteiger partial charge in [0, 0.05) is 18.1 Å². The van der Waals surface area contributed by atoms with Gasteiger partial charge in [-0.25, -0.2) is 0 Å². The van der Waals surface area contributed by atoms with Crippen molar-refractivity contribution in [1.82, 2.24) is 15.2 Å². The predicted molar refractivity (Wildman–Crippen MR) is 82.6 cm³/mol. The lowest BCUT2D eigenvalue weighted by Gasteiger charge is -2.27. The van der Waals surface area contributed by atoms with Crippen LogP contribution in [0.2, 0.25) is 5.02 Å². The van der Waals surface area contributed by atoms with Crippen LogP contribution in [0, 0.1) is 0 Å². The maximum absolute atomic E-state index is 13.1. The summed E-state index contributed by atoms with van der Waals surface area (Å²) in [5.74, 6) is 0.505. The molecule has 10 heteroatoms. The minimum atomic E-state index is -4.55. The smallest absolute Gasteiger partial charge is 0.378 e. The van der Waals surface area contributed by atoms with E-state index in [1.807, 2.05) is 4.90 Å². The minimum absolute atomic E-state index is 0.00557. The number of anilines is 3. The molecule has 1 aromatic heterocycles. The molecule has 0 radical (unpaired) electrons. The maximum Gasteiger partial charge on any atom is 0.418 e. The highest BCUT2D eigenvalue weighted by molar-refractivity contribution is 6.30. The molecule has 1 fully saturated rings. The number of halogens is 4. The molecule has 2 heterocycles. The molecule has 0 atom stereocenters. The molecular formula is C14H13ClF3N5O. The van der Waals surface area contributed by atoms with Gasteiger partial charge in [-0.15, -0.1) is 5.10 Å². The van der Waals surface area contributed by atoms with E-state index in [0.29, 0.717) is 32.1 Å². The topological polar surface area (TPSA) is 63.2 Å². The van der Waals surface area contributed by atoms with Crippen LogP contribution in [-0.4, -0.2) is 41.5 Å². The average molecular weight is 360 g/mol. The van der Waals surface area contributed by atoms with Crippen molar-refractivity contribution < 1.29 is 17.9 Å². The molecule has 0 spiro atoms. The van der Waals surface area contributed by atoms with Crippen molar-refractivity contribution in [2.45, 2.75) is 6.18 Å². The highest BCUT2D eigenvalue weighted by Crippen LogP contribution is 2.37. The van der Waals surface area contributed by atoms with Crippen LogP contribution in [0.4, 0.5) is 30.6 Å². The van der Waals surface area contributed by atoms with E-state index in [1.54, 1.807) is 0 Å². The molecule has 1 aliphatic rings. The number of nitrogens with zero attached hydrogens (tertiary/aromatic N) is 4. The Balaban J connectivity index is 1.86. The minimum Gasteiger partial charge on any atom is -0.378 e. The van der Waals surface area contributed by atoms with Gasteiger partial charge in [-0.3, -0.25) is 0 Å². The van der Waals surface area contributed by atoms with Crippen LogP contribution in [-0.2, 0) is 10.9 Å². The average Bonchev–Trinajstić information content (AvgIpc) is 2.57. The number of hydrogen-bond donors (Lipinski definition) is 1. The molecule has 1 aliphatic heterocycles. The predicted octanol–water partition coefficient (Wildman–Crippen LogP) is 3.12. The van der Waals surface area contributed by atoms with Crippen LogP contribution >= 0.6 is 11.6 Å². The Bertz CT molecular complexity index is 722. The third kappa shape index (κ3) is 3.85. The molecule has 128 valence electrons. The molecule has 0 unspecified atom stereocenters. The molecule has 1 N–H and O–H groups in total. The first-order chi connectivity index (χ1) is 11.4. The van der Waals surface area contributed by atoms with E-state index in [1.165, 1.54) is 18.3 Å². The second kappa shape index (κ2) is 6.78. The molecule has 6 nitrogen and oxygen atoms in total. The molecule has 1 saturated heterocycles. The Hall–Kier alpha value is -2.13. The Morgan fingerprint density at radius 3 is 2.67 bits per heavy atom. The van der Waals surface area contributed by atoms with Gasteiger partial charge in [0.25, 0.3) is 0 Å². The number of rotatable bonds is 3. The van der Waals surface area contributed by atoms with Crippen molar-refractivity contribution in [2.75, 3.05) is 36.5 Å². The molecule has 0 aliphatic carbocycles. The lowest BCUT2D eigenvalue weighted by atomic mass is 10.1. The first-order valence-corrected chi connectivity index (χ1v) is 7.47. The lowest BCUT2D eigenvalue weighted by molar-refractivity contribution is -0.136. The second-order valence-corrected chi connectivity index (χ2v) is 5.49. The number of alkyl halides is 3. The van der Waals surface area contributed by atoms with E-state index >= 15 is 0 Å². The summed E-state index contributed by atoms with van der Waals surface area (Å²) in [6.07, 6.45) is -3.09. The molecule has 3 rings (SSSR count). The van der Waals surface area contributed by atoms with Crippen LogP contribution < -0.4 is 10.2 Å². The Labute approximate surface area is 140 Å². The Morgan fingerprint density at radius 1 is 1.21 bits per heavy atom. The van der Waals surface area contributed by atoms with Crippen molar-refractivity contribution in [3.63, 3.8) is 0 Å². The summed E-state index contributed by atoms with van der Waals surface area (Å²) in [4.78, 5) is 6.15. The standard InChI is InChI=1S/C14H13ClF3N5O/c15-9-1-2-11(10(7-9)14(16,17)18)20-13-21-12(8-19-22-13)23-3-5-24-6-4-23/h1-2,7-8H,3-6H2,(H,20,21,22). The molecule has 0 amide bonds. The summed E-state index contributed by atoms with van der Waals surface area (Å²) < 4.78 is 44.6. The monoisotopic (exact) mass is 359 g/mol. The van der Waals surface area contributed by atoms with Crippen molar-refractivity contribution in [3.8, 4) is 0 Å². The van der Waals surface area contributed by atoms with Crippen molar-refractivity contribution in [3.05, 3.63) is 35.0 Å². The molecule has 0 saturated carbocycles. The van der Waals surface area contributed by atoms with Gasteiger partial charge in [-0.2, -0.15) is 23.3 Å². The molecule has 24 heavy (non-hydrogen) atoms. The van der Waals surface area contributed by atoms with E-state index in [-0.39, 0.29) is 16.7 Å². The number of benzene rings is 1. The maximum atomic E-state index is 13.1. The van der Waals surface area contributed by atoms with Gasteiger partial charge in [-0.05, 0) is 18.2 Å². The number of hydrogen-bond acceptors (Lipinski definition) is 6. The largest absolute Gasteiger partial charge is 0.418 e. The second-order valence-electron chi connectivity index (χ2n) is 5.05. The summed E-state index contributed by atoms with van der Waals surface area (Å²) >= 11 is 5.66. The first kappa shape index (κ1) is 16.7. The highest BCUT2D eigenvalue weighted by Gasteiger charge is 2.34. The van der Waals surface area contributed by atoms with Crippen molar-refractivity contribution in [2.24, 2.45) is 0 Å². The van der Waals surface area contributed by atoms with Crippen LogP contribution in [0.1, 0.15) is 5.56 Å². The van der Waals surface area contributed by atoms with E-state index < -0.39 is 11.7 Å². The summed E-state index contributed by atoms with van der Waals surface area (Å²) in [6, 6.07) is 3.44. The Morgan fingerprint density at radius 2 is 1.96 bits per heavy atom. The number of aromatic nitrogens is 3. The van der Waals surface area contributed by atoms with Gasteiger partial charge in [-0.1, -0.05) is 11.6 Å². The SMILES string of the molecule is FC(F)(F)c1cc(Cl)ccc1Nc1nncc(N2CCOCC2)n1. The zero-order chi connectivity index (χ0) is 17.2. The molecule has 1 aromatic carbocycles. The van der Waals surface area contributed by atoms with Gasteiger partial charge in [0.05, 0.1) is 30.7 Å². The third-order valence-corrected chi connectivity index (χ3v) is 3.65. The Kier molecular flexibility index (Phi) is 4.72. The van der Waals surface area contributed by atoms with Crippen LogP contribution in [0.15, 0.2) is 24.4 Å².